The lowest BCUT2D eigenvalue weighted by molar-refractivity contribution is -0.112. The molecule has 0 aliphatic heterocycles. The molecular weight excluding hydrogens is 342 g/mol. The first kappa shape index (κ1) is 18.9. The molecule has 26 heavy (non-hydrogen) atoms. The van der Waals surface area contributed by atoms with Crippen molar-refractivity contribution in [2.45, 2.75) is 13.5 Å². The van der Waals surface area contributed by atoms with E-state index in [1.165, 1.54) is 24.3 Å². The van der Waals surface area contributed by atoms with Gasteiger partial charge < -0.3 is 14.8 Å². The van der Waals surface area contributed by atoms with Gasteiger partial charge in [0.05, 0.1) is 6.61 Å². The van der Waals surface area contributed by atoms with E-state index in [1.807, 2.05) is 6.92 Å². The molecule has 0 radical (unpaired) electrons. The summed E-state index contributed by atoms with van der Waals surface area (Å²) in [7, 11) is 0. The summed E-state index contributed by atoms with van der Waals surface area (Å²) < 4.78 is 34.6. The Morgan fingerprint density at radius 3 is 2.54 bits per heavy atom. The monoisotopic (exact) mass is 358 g/mol. The number of hydrogen-bond acceptors (Lipinski definition) is 4. The molecule has 0 fully saturated rings. The van der Waals surface area contributed by atoms with Crippen molar-refractivity contribution >= 4 is 17.7 Å². The lowest BCUT2D eigenvalue weighted by Gasteiger charge is -2.09. The molecule has 2 rings (SSSR count). The van der Waals surface area contributed by atoms with Crippen LogP contribution in [0.25, 0.3) is 6.08 Å². The van der Waals surface area contributed by atoms with Crippen molar-refractivity contribution in [3.05, 3.63) is 59.7 Å². The zero-order valence-electron chi connectivity index (χ0n) is 13.9. The van der Waals surface area contributed by atoms with E-state index in [2.05, 4.69) is 10.1 Å². The highest BCUT2D eigenvalue weighted by Gasteiger charge is 2.13. The number of alkyl halides is 2. The van der Waals surface area contributed by atoms with Crippen molar-refractivity contribution in [1.29, 1.82) is 5.26 Å². The molecule has 0 saturated heterocycles. The summed E-state index contributed by atoms with van der Waals surface area (Å²) in [6, 6.07) is 14.3. The van der Waals surface area contributed by atoms with Crippen LogP contribution in [0.1, 0.15) is 12.5 Å². The predicted molar refractivity (Wildman–Crippen MR) is 92.9 cm³/mol. The molecule has 2 aromatic carbocycles. The summed E-state index contributed by atoms with van der Waals surface area (Å²) in [5.74, 6) is -0.132. The zero-order valence-corrected chi connectivity index (χ0v) is 13.9. The largest absolute Gasteiger partial charge is 0.494 e. The predicted octanol–water partition coefficient (Wildman–Crippen LogP) is 4.23. The number of amides is 1. The van der Waals surface area contributed by atoms with Crippen LogP contribution in [-0.2, 0) is 4.79 Å². The third-order valence-electron chi connectivity index (χ3n) is 3.22. The van der Waals surface area contributed by atoms with Crippen LogP contribution in [0.5, 0.6) is 11.5 Å². The minimum absolute atomic E-state index is 0.121. The molecule has 0 saturated carbocycles. The number of ether oxygens (including phenoxy) is 2. The summed E-state index contributed by atoms with van der Waals surface area (Å²) in [6.45, 7) is -0.629. The molecule has 0 aromatic heterocycles. The highest BCUT2D eigenvalue weighted by Crippen LogP contribution is 2.23. The van der Waals surface area contributed by atoms with Gasteiger partial charge in [0.15, 0.2) is 0 Å². The molecule has 5 nitrogen and oxygen atoms in total. The third-order valence-corrected chi connectivity index (χ3v) is 3.22. The van der Waals surface area contributed by atoms with Crippen molar-refractivity contribution in [3.8, 4) is 17.6 Å². The smallest absolute Gasteiger partial charge is 0.387 e. The Morgan fingerprint density at radius 2 is 1.92 bits per heavy atom. The molecular formula is C19H16F2N2O3. The molecule has 0 atom stereocenters. The molecule has 0 spiro atoms. The van der Waals surface area contributed by atoms with Crippen LogP contribution in [-0.4, -0.2) is 19.1 Å². The Morgan fingerprint density at radius 1 is 1.23 bits per heavy atom. The fraction of sp³-hybridized carbons (Fsp3) is 0.158. The second-order valence-corrected chi connectivity index (χ2v) is 5.00. The van der Waals surface area contributed by atoms with Crippen LogP contribution in [0, 0.1) is 11.3 Å². The van der Waals surface area contributed by atoms with Crippen LogP contribution in [0.4, 0.5) is 14.5 Å². The Balaban J connectivity index is 2.18. The second kappa shape index (κ2) is 9.18. The fourth-order valence-corrected chi connectivity index (χ4v) is 2.11. The van der Waals surface area contributed by atoms with Gasteiger partial charge >= 0.3 is 6.61 Å². The Labute approximate surface area is 149 Å². The lowest BCUT2D eigenvalue weighted by atomic mass is 10.1. The van der Waals surface area contributed by atoms with Crippen molar-refractivity contribution in [1.82, 2.24) is 0 Å². The molecule has 1 N–H and O–H groups in total. The molecule has 1 amide bonds. The first-order valence-electron chi connectivity index (χ1n) is 7.73. The van der Waals surface area contributed by atoms with Crippen molar-refractivity contribution < 1.29 is 23.0 Å². The molecule has 0 heterocycles. The summed E-state index contributed by atoms with van der Waals surface area (Å²) in [6.07, 6.45) is 1.20. The molecule has 2 aromatic rings. The van der Waals surface area contributed by atoms with Crippen LogP contribution >= 0.6 is 0 Å². The Bertz CT molecular complexity index is 827. The van der Waals surface area contributed by atoms with E-state index in [-0.39, 0.29) is 16.9 Å². The SMILES string of the molecule is CCOc1ccc(NC(=O)/C(C#N)=C\c2ccccc2OC(F)F)cc1. The van der Waals surface area contributed by atoms with E-state index in [4.69, 9.17) is 4.74 Å². The number of nitriles is 1. The fourth-order valence-electron chi connectivity index (χ4n) is 2.11. The quantitative estimate of drug-likeness (QED) is 0.594. The number of hydrogen-bond donors (Lipinski definition) is 1. The van der Waals surface area contributed by atoms with Gasteiger partial charge in [0.1, 0.15) is 23.1 Å². The standard InChI is InChI=1S/C19H16F2N2O3/c1-2-25-16-9-7-15(8-10-16)23-18(24)14(12-22)11-13-5-3-4-6-17(13)26-19(20)21/h3-11,19H,2H2,1H3,(H,23,24)/b14-11-. The van der Waals surface area contributed by atoms with E-state index in [0.29, 0.717) is 18.0 Å². The van der Waals surface area contributed by atoms with E-state index >= 15 is 0 Å². The number of carbonyl (C=O) groups excluding carboxylic acids is 1. The zero-order chi connectivity index (χ0) is 18.9. The average molecular weight is 358 g/mol. The van der Waals surface area contributed by atoms with Gasteiger partial charge in [0, 0.05) is 11.3 Å². The molecule has 134 valence electrons. The topological polar surface area (TPSA) is 71.3 Å². The number of carbonyl (C=O) groups is 1. The Hall–Kier alpha value is -3.40. The van der Waals surface area contributed by atoms with Crippen molar-refractivity contribution in [2.24, 2.45) is 0 Å². The molecule has 0 unspecified atom stereocenters. The highest BCUT2D eigenvalue weighted by molar-refractivity contribution is 6.09. The van der Waals surface area contributed by atoms with Gasteiger partial charge in [-0.05, 0) is 43.3 Å². The minimum atomic E-state index is -3.01. The van der Waals surface area contributed by atoms with Gasteiger partial charge in [-0.25, -0.2) is 0 Å². The van der Waals surface area contributed by atoms with Gasteiger partial charge in [0.25, 0.3) is 5.91 Å². The van der Waals surface area contributed by atoms with Gasteiger partial charge in [-0.3, -0.25) is 4.79 Å². The maximum Gasteiger partial charge on any atom is 0.387 e. The maximum absolute atomic E-state index is 12.5. The normalized spacial score (nSPS) is 11.0. The van der Waals surface area contributed by atoms with Crippen LogP contribution < -0.4 is 14.8 Å². The third kappa shape index (κ3) is 5.31. The summed E-state index contributed by atoms with van der Waals surface area (Å²) >= 11 is 0. The number of nitrogens with one attached hydrogen (secondary N) is 1. The highest BCUT2D eigenvalue weighted by atomic mass is 19.3. The number of nitrogens with zero attached hydrogens (tertiary/aromatic N) is 1. The molecule has 0 bridgehead atoms. The number of halogens is 2. The summed E-state index contributed by atoms with van der Waals surface area (Å²) in [4.78, 5) is 12.3. The van der Waals surface area contributed by atoms with Gasteiger partial charge in [-0.2, -0.15) is 14.0 Å². The number of benzene rings is 2. The van der Waals surface area contributed by atoms with Crippen LogP contribution in [0.2, 0.25) is 0 Å². The number of rotatable bonds is 7. The lowest BCUT2D eigenvalue weighted by Crippen LogP contribution is -2.13. The average Bonchev–Trinajstić information content (AvgIpc) is 2.62. The van der Waals surface area contributed by atoms with Gasteiger partial charge in [0.2, 0.25) is 0 Å². The molecule has 7 heteroatoms. The second-order valence-electron chi connectivity index (χ2n) is 5.00. The summed E-state index contributed by atoms with van der Waals surface area (Å²) in [5.41, 5.74) is 0.423. The van der Waals surface area contributed by atoms with E-state index in [1.54, 1.807) is 36.4 Å². The van der Waals surface area contributed by atoms with Crippen LogP contribution in [0.3, 0.4) is 0 Å². The van der Waals surface area contributed by atoms with E-state index in [9.17, 15) is 18.8 Å². The molecule has 0 aliphatic carbocycles. The first-order chi connectivity index (χ1) is 12.5. The van der Waals surface area contributed by atoms with Crippen molar-refractivity contribution in [3.63, 3.8) is 0 Å². The van der Waals surface area contributed by atoms with E-state index in [0.717, 1.165) is 0 Å². The summed E-state index contributed by atoms with van der Waals surface area (Å²) in [5, 5.41) is 11.8. The molecule has 0 aliphatic rings. The van der Waals surface area contributed by atoms with Crippen molar-refractivity contribution in [2.75, 3.05) is 11.9 Å². The maximum atomic E-state index is 12.5. The van der Waals surface area contributed by atoms with Crippen LogP contribution in [0.15, 0.2) is 54.1 Å². The first-order valence-corrected chi connectivity index (χ1v) is 7.73. The Kier molecular flexibility index (Phi) is 6.68. The minimum Gasteiger partial charge on any atom is -0.494 e. The van der Waals surface area contributed by atoms with Gasteiger partial charge in [-0.15, -0.1) is 0 Å². The van der Waals surface area contributed by atoms with Gasteiger partial charge in [-0.1, -0.05) is 18.2 Å². The number of para-hydroxylation sites is 1. The number of anilines is 1. The van der Waals surface area contributed by atoms with E-state index < -0.39 is 12.5 Å².